The lowest BCUT2D eigenvalue weighted by molar-refractivity contribution is -0.160. The predicted octanol–water partition coefficient (Wildman–Crippen LogP) is 0.143. The Morgan fingerprint density at radius 2 is 2.00 bits per heavy atom. The normalized spacial score (nSPS) is 12.2. The van der Waals surface area contributed by atoms with Crippen LogP contribution in [0, 0.1) is 5.92 Å². The molecule has 1 radical (unpaired) electrons. The second-order valence-electron chi connectivity index (χ2n) is 1.79. The van der Waals surface area contributed by atoms with Gasteiger partial charge in [-0.1, -0.05) is 0 Å². The summed E-state index contributed by atoms with van der Waals surface area (Å²) < 4.78 is 4.41. The highest BCUT2D eigenvalue weighted by atomic mass is 16.5. The number of rotatable bonds is 3. The van der Waals surface area contributed by atoms with Gasteiger partial charge in [-0.15, -0.1) is 0 Å². The first kappa shape index (κ1) is 8.94. The highest BCUT2D eigenvalue weighted by Gasteiger charge is 2.22. The van der Waals surface area contributed by atoms with E-state index < -0.39 is 17.9 Å². The van der Waals surface area contributed by atoms with Crippen LogP contribution in [-0.4, -0.2) is 18.5 Å². The minimum atomic E-state index is -1.40. The van der Waals surface area contributed by atoms with Crippen LogP contribution in [0.1, 0.15) is 13.8 Å². The van der Waals surface area contributed by atoms with E-state index in [-0.39, 0.29) is 6.61 Å². The Morgan fingerprint density at radius 1 is 1.50 bits per heavy atom. The van der Waals surface area contributed by atoms with Gasteiger partial charge in [0.25, 0.3) is 0 Å². The van der Waals surface area contributed by atoms with Crippen molar-refractivity contribution in [2.45, 2.75) is 13.8 Å². The molecule has 0 saturated carbocycles. The van der Waals surface area contributed by atoms with Gasteiger partial charge >= 0.3 is 11.9 Å². The van der Waals surface area contributed by atoms with E-state index in [4.69, 9.17) is 0 Å². The summed E-state index contributed by atoms with van der Waals surface area (Å²) in [6.45, 7) is 3.03. The Labute approximate surface area is 58.8 Å². The molecule has 0 aromatic carbocycles. The second-order valence-corrected chi connectivity index (χ2v) is 1.79. The lowest BCUT2D eigenvalue weighted by atomic mass is 10.2. The predicted molar refractivity (Wildman–Crippen MR) is 31.5 cm³/mol. The van der Waals surface area contributed by atoms with E-state index in [0.29, 0.717) is 0 Å². The highest BCUT2D eigenvalue weighted by molar-refractivity contribution is 5.93. The van der Waals surface area contributed by atoms with Crippen molar-refractivity contribution in [1.29, 1.82) is 0 Å². The molecule has 0 aromatic heterocycles. The van der Waals surface area contributed by atoms with Crippen LogP contribution in [0.25, 0.3) is 0 Å². The molecular weight excluding hydrogens is 136 g/mol. The van der Waals surface area contributed by atoms with Crippen LogP contribution in [0.5, 0.6) is 0 Å². The molecule has 0 spiro atoms. The van der Waals surface area contributed by atoms with E-state index in [9.17, 15) is 14.7 Å². The molecule has 0 aliphatic heterocycles. The second kappa shape index (κ2) is 3.87. The van der Waals surface area contributed by atoms with E-state index in [1.54, 1.807) is 6.92 Å². The molecule has 0 heterocycles. The maximum atomic E-state index is 10.5. The molecule has 4 heteroatoms. The minimum Gasteiger partial charge on any atom is -0.465 e. The van der Waals surface area contributed by atoms with Crippen LogP contribution in [0.15, 0.2) is 0 Å². The van der Waals surface area contributed by atoms with Crippen LogP contribution in [0.2, 0.25) is 0 Å². The zero-order chi connectivity index (χ0) is 8.15. The third-order valence-electron chi connectivity index (χ3n) is 0.994. The fraction of sp³-hybridized carbons (Fsp3) is 0.667. The van der Waals surface area contributed by atoms with Crippen molar-refractivity contribution in [2.75, 3.05) is 6.61 Å². The van der Waals surface area contributed by atoms with Crippen LogP contribution in [0.3, 0.4) is 0 Å². The minimum absolute atomic E-state index is 0.191. The van der Waals surface area contributed by atoms with E-state index in [0.717, 1.165) is 0 Å². The number of hydrogen-bond acceptors (Lipinski definition) is 3. The van der Waals surface area contributed by atoms with Crippen molar-refractivity contribution >= 4 is 11.9 Å². The average Bonchev–Trinajstić information content (AvgIpc) is 1.87. The van der Waals surface area contributed by atoms with E-state index >= 15 is 0 Å². The summed E-state index contributed by atoms with van der Waals surface area (Å²) in [6, 6.07) is 0. The monoisotopic (exact) mass is 145 g/mol. The van der Waals surface area contributed by atoms with Gasteiger partial charge in [-0.25, -0.2) is 9.90 Å². The Hall–Kier alpha value is -1.06. The summed E-state index contributed by atoms with van der Waals surface area (Å²) in [4.78, 5) is 20.5. The van der Waals surface area contributed by atoms with Gasteiger partial charge < -0.3 is 4.74 Å². The van der Waals surface area contributed by atoms with Gasteiger partial charge in [-0.3, -0.25) is 4.79 Å². The fourth-order valence-electron chi connectivity index (χ4n) is 0.363. The average molecular weight is 145 g/mol. The molecular formula is C6H9O4. The molecule has 0 saturated heterocycles. The largest absolute Gasteiger partial charge is 0.465 e. The summed E-state index contributed by atoms with van der Waals surface area (Å²) in [7, 11) is 0. The zero-order valence-electron chi connectivity index (χ0n) is 5.92. The maximum absolute atomic E-state index is 10.5. The van der Waals surface area contributed by atoms with Crippen LogP contribution in [-0.2, 0) is 19.4 Å². The van der Waals surface area contributed by atoms with Crippen LogP contribution < -0.4 is 0 Å². The quantitative estimate of drug-likeness (QED) is 0.419. The maximum Gasteiger partial charge on any atom is 0.369 e. The van der Waals surface area contributed by atoms with Gasteiger partial charge in [0.2, 0.25) is 0 Å². The van der Waals surface area contributed by atoms with Gasteiger partial charge in [0.1, 0.15) is 0 Å². The molecule has 0 aromatic rings. The molecule has 0 N–H and O–H groups in total. The Kier molecular flexibility index (Phi) is 3.46. The third kappa shape index (κ3) is 2.48. The van der Waals surface area contributed by atoms with Gasteiger partial charge in [0, 0.05) is 0 Å². The molecule has 57 valence electrons. The first-order valence-electron chi connectivity index (χ1n) is 2.97. The van der Waals surface area contributed by atoms with Crippen molar-refractivity contribution < 1.29 is 19.4 Å². The van der Waals surface area contributed by atoms with Crippen molar-refractivity contribution in [1.82, 2.24) is 0 Å². The van der Waals surface area contributed by atoms with Crippen molar-refractivity contribution in [3.63, 3.8) is 0 Å². The van der Waals surface area contributed by atoms with E-state index in [1.165, 1.54) is 6.92 Å². The van der Waals surface area contributed by atoms with Crippen molar-refractivity contribution in [2.24, 2.45) is 5.92 Å². The SMILES string of the molecule is CCOC(=O)C(C)C([O])=O. The Bertz CT molecular complexity index is 141. The first-order valence-corrected chi connectivity index (χ1v) is 2.97. The summed E-state index contributed by atoms with van der Waals surface area (Å²) in [5, 5.41) is 10.0. The molecule has 1 atom stereocenters. The van der Waals surface area contributed by atoms with Gasteiger partial charge in [-0.2, -0.15) is 0 Å². The summed E-state index contributed by atoms with van der Waals surface area (Å²) in [5.74, 6) is -3.32. The number of carbonyl (C=O) groups is 2. The van der Waals surface area contributed by atoms with E-state index in [1.807, 2.05) is 0 Å². The zero-order valence-corrected chi connectivity index (χ0v) is 5.92. The lowest BCUT2D eigenvalue weighted by Crippen LogP contribution is -2.21. The molecule has 0 amide bonds. The molecule has 0 aliphatic rings. The van der Waals surface area contributed by atoms with Crippen molar-refractivity contribution in [3.05, 3.63) is 0 Å². The summed E-state index contributed by atoms with van der Waals surface area (Å²) in [6.07, 6.45) is 0. The molecule has 0 rings (SSSR count). The smallest absolute Gasteiger partial charge is 0.369 e. The molecule has 0 fully saturated rings. The first-order chi connectivity index (χ1) is 4.59. The topological polar surface area (TPSA) is 63.3 Å². The molecule has 10 heavy (non-hydrogen) atoms. The standard InChI is InChI=1S/C6H9O4/c1-3-10-6(9)4(2)5(7)8/h4H,3H2,1-2H3. The molecule has 1 unspecified atom stereocenters. The Balaban J connectivity index is 3.82. The lowest BCUT2D eigenvalue weighted by Gasteiger charge is -2.02. The summed E-state index contributed by atoms with van der Waals surface area (Å²) >= 11 is 0. The molecule has 4 nitrogen and oxygen atoms in total. The van der Waals surface area contributed by atoms with Gasteiger partial charge in [0.05, 0.1) is 6.61 Å². The highest BCUT2D eigenvalue weighted by Crippen LogP contribution is 1.97. The fourth-order valence-corrected chi connectivity index (χ4v) is 0.363. The number of carbonyl (C=O) groups excluding carboxylic acids is 2. The van der Waals surface area contributed by atoms with Gasteiger partial charge in [-0.05, 0) is 13.8 Å². The van der Waals surface area contributed by atoms with Crippen molar-refractivity contribution in [3.8, 4) is 0 Å². The number of esters is 1. The van der Waals surface area contributed by atoms with Crippen LogP contribution >= 0.6 is 0 Å². The van der Waals surface area contributed by atoms with Gasteiger partial charge in [0.15, 0.2) is 5.92 Å². The third-order valence-corrected chi connectivity index (χ3v) is 0.994. The number of hydrogen-bond donors (Lipinski definition) is 0. The van der Waals surface area contributed by atoms with E-state index in [2.05, 4.69) is 4.74 Å². The number of ether oxygens (including phenoxy) is 1. The van der Waals surface area contributed by atoms with Crippen LogP contribution in [0.4, 0.5) is 0 Å². The Morgan fingerprint density at radius 3 is 2.30 bits per heavy atom. The molecule has 0 aliphatic carbocycles. The molecule has 0 bridgehead atoms. The summed E-state index contributed by atoms with van der Waals surface area (Å²) in [5.41, 5.74) is 0.